The molecule has 2 atom stereocenters. The smallest absolute Gasteiger partial charge is 0.224 e. The number of ketones is 1. The van der Waals surface area contributed by atoms with Crippen molar-refractivity contribution >= 4 is 28.8 Å². The number of hydrogen-bond donors (Lipinski definition) is 1. The third-order valence-corrected chi connectivity index (χ3v) is 7.71. The Labute approximate surface area is 219 Å². The molecular formula is C32H35N3O2. The highest BCUT2D eigenvalue weighted by atomic mass is 16.2. The lowest BCUT2D eigenvalue weighted by Gasteiger charge is -2.35. The Morgan fingerprint density at radius 1 is 0.919 bits per heavy atom. The molecule has 1 amide bonds. The fourth-order valence-corrected chi connectivity index (χ4v) is 5.78. The number of aryl methyl sites for hydroxylation is 1. The first kappa shape index (κ1) is 24.8. The second kappa shape index (κ2) is 10.3. The van der Waals surface area contributed by atoms with Gasteiger partial charge in [-0.05, 0) is 68.5 Å². The quantitative estimate of drug-likeness (QED) is 0.427. The van der Waals surface area contributed by atoms with Crippen molar-refractivity contribution in [3.8, 4) is 0 Å². The summed E-state index contributed by atoms with van der Waals surface area (Å²) in [6.07, 6.45) is 1.15. The predicted molar refractivity (Wildman–Crippen MR) is 151 cm³/mol. The Balaban J connectivity index is 1.65. The maximum atomic E-state index is 14.0. The number of allylic oxidation sites excluding steroid dienone is 1. The Morgan fingerprint density at radius 2 is 1.57 bits per heavy atom. The second-order valence-electron chi connectivity index (χ2n) is 10.0. The van der Waals surface area contributed by atoms with Gasteiger partial charge in [0.25, 0.3) is 0 Å². The van der Waals surface area contributed by atoms with Crippen LogP contribution in [0, 0.1) is 6.92 Å². The van der Waals surface area contributed by atoms with Crippen LogP contribution in [0.1, 0.15) is 62.3 Å². The van der Waals surface area contributed by atoms with Crippen molar-refractivity contribution in [3.63, 3.8) is 0 Å². The van der Waals surface area contributed by atoms with Gasteiger partial charge < -0.3 is 10.2 Å². The van der Waals surface area contributed by atoms with E-state index < -0.39 is 6.04 Å². The largest absolute Gasteiger partial charge is 0.372 e. The summed E-state index contributed by atoms with van der Waals surface area (Å²) in [5.41, 5.74) is 7.72. The molecule has 5 rings (SSSR count). The summed E-state index contributed by atoms with van der Waals surface area (Å²) in [4.78, 5) is 31.3. The number of benzene rings is 3. The number of hydrogen-bond acceptors (Lipinski definition) is 4. The first-order valence-electron chi connectivity index (χ1n) is 13.2. The molecule has 3 aromatic rings. The monoisotopic (exact) mass is 493 g/mol. The van der Waals surface area contributed by atoms with Crippen LogP contribution in [-0.4, -0.2) is 24.8 Å². The van der Waals surface area contributed by atoms with Gasteiger partial charge in [-0.3, -0.25) is 14.5 Å². The lowest BCUT2D eigenvalue weighted by molar-refractivity contribution is -0.117. The molecule has 0 bridgehead atoms. The number of Topliss-reactive ketones (excluding diaryl/α,β-unsaturated/α-hetero) is 1. The number of nitrogens with zero attached hydrogens (tertiary/aromatic N) is 2. The van der Waals surface area contributed by atoms with Crippen molar-refractivity contribution in [3.05, 3.63) is 101 Å². The average Bonchev–Trinajstić information content (AvgIpc) is 3.05. The van der Waals surface area contributed by atoms with Crippen molar-refractivity contribution < 1.29 is 9.59 Å². The van der Waals surface area contributed by atoms with E-state index in [2.05, 4.69) is 79.5 Å². The van der Waals surface area contributed by atoms with Gasteiger partial charge in [0, 0.05) is 43.4 Å². The number of nitrogens with one attached hydrogen (secondary N) is 1. The van der Waals surface area contributed by atoms with Crippen LogP contribution in [0.2, 0.25) is 0 Å². The molecule has 0 aromatic heterocycles. The summed E-state index contributed by atoms with van der Waals surface area (Å²) in [7, 11) is 0. The summed E-state index contributed by atoms with van der Waals surface area (Å²) in [6.45, 7) is 9.79. The molecule has 1 aliphatic carbocycles. The van der Waals surface area contributed by atoms with Crippen LogP contribution in [0.4, 0.5) is 17.1 Å². The highest BCUT2D eigenvalue weighted by Crippen LogP contribution is 2.47. The zero-order valence-electron chi connectivity index (χ0n) is 22.1. The molecule has 5 heteroatoms. The Kier molecular flexibility index (Phi) is 6.88. The predicted octanol–water partition coefficient (Wildman–Crippen LogP) is 6.76. The summed E-state index contributed by atoms with van der Waals surface area (Å²) in [5, 5.41) is 3.59. The molecule has 190 valence electrons. The molecule has 0 radical (unpaired) electrons. The summed E-state index contributed by atoms with van der Waals surface area (Å²) < 4.78 is 0. The first-order valence-corrected chi connectivity index (χ1v) is 13.2. The summed E-state index contributed by atoms with van der Waals surface area (Å²) in [6, 6.07) is 24.2. The van der Waals surface area contributed by atoms with E-state index in [-0.39, 0.29) is 17.6 Å². The van der Waals surface area contributed by atoms with E-state index in [0.29, 0.717) is 12.0 Å². The molecule has 2 unspecified atom stereocenters. The molecule has 1 N–H and O–H groups in total. The average molecular weight is 494 g/mol. The number of carbonyl (C=O) groups excluding carboxylic acids is 2. The fraction of sp³-hybridized carbons (Fsp3) is 0.312. The van der Waals surface area contributed by atoms with E-state index in [1.165, 1.54) is 11.1 Å². The minimum Gasteiger partial charge on any atom is -0.372 e. The lowest BCUT2D eigenvalue weighted by atomic mass is 9.78. The van der Waals surface area contributed by atoms with Gasteiger partial charge >= 0.3 is 0 Å². The zero-order valence-corrected chi connectivity index (χ0v) is 22.1. The molecule has 0 saturated carbocycles. The highest BCUT2D eigenvalue weighted by Gasteiger charge is 2.40. The third-order valence-electron chi connectivity index (χ3n) is 7.71. The normalized spacial score (nSPS) is 19.0. The van der Waals surface area contributed by atoms with Crippen LogP contribution in [0.3, 0.4) is 0 Å². The molecule has 1 heterocycles. The maximum absolute atomic E-state index is 14.0. The van der Waals surface area contributed by atoms with Crippen LogP contribution in [0.5, 0.6) is 0 Å². The third kappa shape index (κ3) is 4.66. The Bertz CT molecular complexity index is 1340. The van der Waals surface area contributed by atoms with Crippen molar-refractivity contribution in [1.82, 2.24) is 0 Å². The van der Waals surface area contributed by atoms with Crippen molar-refractivity contribution in [2.45, 2.75) is 52.5 Å². The number of rotatable bonds is 5. The molecule has 5 nitrogen and oxygen atoms in total. The van der Waals surface area contributed by atoms with Gasteiger partial charge in [0.15, 0.2) is 5.78 Å². The lowest BCUT2D eigenvalue weighted by Crippen LogP contribution is -2.37. The number of fused-ring (bicyclic) bond motifs is 1. The van der Waals surface area contributed by atoms with E-state index in [4.69, 9.17) is 0 Å². The van der Waals surface area contributed by atoms with Gasteiger partial charge in [0.1, 0.15) is 0 Å². The number of anilines is 3. The standard InChI is InChI=1S/C32H35N3O2/c1-5-34(6-2)26-17-15-24(16-18-26)32-31-28(33-27-9-7-8-10-29(27)35(32)22(4)36)19-25(20-30(31)37)23-13-11-21(3)12-14-23/h7-18,25,32-33H,5-6,19-20H2,1-4H3. The van der Waals surface area contributed by atoms with Gasteiger partial charge in [-0.25, -0.2) is 0 Å². The van der Waals surface area contributed by atoms with E-state index in [1.54, 1.807) is 11.8 Å². The van der Waals surface area contributed by atoms with Crippen LogP contribution in [-0.2, 0) is 9.59 Å². The van der Waals surface area contributed by atoms with E-state index in [1.807, 2.05) is 24.3 Å². The molecule has 0 fully saturated rings. The topological polar surface area (TPSA) is 52.7 Å². The minimum absolute atomic E-state index is 0.0886. The van der Waals surface area contributed by atoms with Crippen LogP contribution >= 0.6 is 0 Å². The Hall–Kier alpha value is -3.86. The van der Waals surface area contributed by atoms with Crippen molar-refractivity contribution in [2.24, 2.45) is 0 Å². The molecule has 0 spiro atoms. The van der Waals surface area contributed by atoms with Gasteiger partial charge in [0.05, 0.1) is 17.4 Å². The van der Waals surface area contributed by atoms with Gasteiger partial charge in [-0.1, -0.05) is 54.1 Å². The number of para-hydroxylation sites is 2. The Morgan fingerprint density at radius 3 is 2.22 bits per heavy atom. The van der Waals surface area contributed by atoms with Gasteiger partial charge in [-0.2, -0.15) is 0 Å². The minimum atomic E-state index is -0.485. The van der Waals surface area contributed by atoms with Gasteiger partial charge in [0.2, 0.25) is 5.91 Å². The second-order valence-corrected chi connectivity index (χ2v) is 10.0. The van der Waals surface area contributed by atoms with Crippen LogP contribution < -0.4 is 15.1 Å². The van der Waals surface area contributed by atoms with Crippen LogP contribution in [0.15, 0.2) is 84.1 Å². The fourth-order valence-electron chi connectivity index (χ4n) is 5.78. The summed E-state index contributed by atoms with van der Waals surface area (Å²) >= 11 is 0. The first-order chi connectivity index (χ1) is 17.9. The van der Waals surface area contributed by atoms with Crippen LogP contribution in [0.25, 0.3) is 0 Å². The SMILES string of the molecule is CCN(CC)c1ccc(C2C3=C(CC(c4ccc(C)cc4)CC3=O)Nc3ccccc3N2C(C)=O)cc1. The highest BCUT2D eigenvalue weighted by molar-refractivity contribution is 6.06. The number of amides is 1. The van der Waals surface area contributed by atoms with Gasteiger partial charge in [-0.15, -0.1) is 0 Å². The molecule has 37 heavy (non-hydrogen) atoms. The van der Waals surface area contributed by atoms with E-state index in [0.717, 1.165) is 47.8 Å². The number of carbonyl (C=O) groups is 2. The molecule has 1 aliphatic heterocycles. The molecular weight excluding hydrogens is 458 g/mol. The molecule has 0 saturated heterocycles. The zero-order chi connectivity index (χ0) is 26.1. The molecule has 2 aliphatic rings. The summed E-state index contributed by atoms with van der Waals surface area (Å²) in [5.74, 6) is 0.103. The molecule has 3 aromatic carbocycles. The van der Waals surface area contributed by atoms with E-state index in [9.17, 15) is 9.59 Å². The van der Waals surface area contributed by atoms with Crippen molar-refractivity contribution in [2.75, 3.05) is 28.2 Å². The van der Waals surface area contributed by atoms with Crippen molar-refractivity contribution in [1.29, 1.82) is 0 Å². The van der Waals surface area contributed by atoms with E-state index >= 15 is 0 Å². The maximum Gasteiger partial charge on any atom is 0.224 e.